The first kappa shape index (κ1) is 21.8. The molecule has 3 rings (SSSR count). The highest BCUT2D eigenvalue weighted by Crippen LogP contribution is 2.20. The predicted octanol–water partition coefficient (Wildman–Crippen LogP) is 4.91. The zero-order chi connectivity index (χ0) is 21.2. The molecule has 0 saturated carbocycles. The van der Waals surface area contributed by atoms with Crippen molar-refractivity contribution >= 4 is 28.7 Å². The number of rotatable bonds is 13. The number of nitrogens with zero attached hydrogens (tertiary/aromatic N) is 1. The molecule has 6 nitrogen and oxygen atoms in total. The molecule has 158 valence electrons. The summed E-state index contributed by atoms with van der Waals surface area (Å²) in [6.07, 6.45) is 9.72. The van der Waals surface area contributed by atoms with Crippen molar-refractivity contribution in [2.75, 3.05) is 23.8 Å². The maximum Gasteiger partial charge on any atom is 0.253 e. The van der Waals surface area contributed by atoms with E-state index in [9.17, 15) is 9.59 Å². The molecule has 2 aromatic carbocycles. The first-order valence-electron chi connectivity index (χ1n) is 10.3. The van der Waals surface area contributed by atoms with Crippen molar-refractivity contribution in [3.8, 4) is 5.75 Å². The van der Waals surface area contributed by atoms with E-state index in [1.807, 2.05) is 24.3 Å². The van der Waals surface area contributed by atoms with Gasteiger partial charge in [0.05, 0.1) is 6.61 Å². The average molecular weight is 428 g/mol. The second-order valence-electron chi connectivity index (χ2n) is 7.12. The number of aromatic nitrogens is 1. The van der Waals surface area contributed by atoms with Gasteiger partial charge >= 0.3 is 0 Å². The van der Waals surface area contributed by atoms with Gasteiger partial charge in [-0.3, -0.25) is 14.6 Å². The third kappa shape index (κ3) is 6.32. The molecule has 0 saturated heterocycles. The zero-order valence-corrected chi connectivity index (χ0v) is 17.6. The highest BCUT2D eigenvalue weighted by atomic mass is 35.5. The minimum absolute atomic E-state index is 0.340. The molecule has 0 spiro atoms. The van der Waals surface area contributed by atoms with E-state index in [-0.39, 0.29) is 0 Å². The van der Waals surface area contributed by atoms with Gasteiger partial charge in [-0.15, -0.1) is 0 Å². The van der Waals surface area contributed by atoms with Gasteiger partial charge in [-0.2, -0.15) is 0 Å². The highest BCUT2D eigenvalue weighted by molar-refractivity contribution is 6.30. The van der Waals surface area contributed by atoms with Gasteiger partial charge in [0, 0.05) is 29.6 Å². The standard InChI is InChI=1S/C23H26ClN3O3/c24-17-7-9-19(10-8-17)30-16-6-4-2-1-3-5-13-26-20-21(23(29)22(20)28)27-18-11-14-25-15-12-18/h7-12,14-15,26H,1-6,13,16H2,(H,25,27). The predicted molar refractivity (Wildman–Crippen MR) is 122 cm³/mol. The quantitative estimate of drug-likeness (QED) is 0.298. The minimum Gasteiger partial charge on any atom is -0.494 e. The van der Waals surface area contributed by atoms with Crippen molar-refractivity contribution < 1.29 is 4.74 Å². The molecule has 1 aromatic heterocycles. The molecule has 30 heavy (non-hydrogen) atoms. The monoisotopic (exact) mass is 427 g/mol. The molecular weight excluding hydrogens is 402 g/mol. The van der Waals surface area contributed by atoms with Crippen LogP contribution in [0.15, 0.2) is 58.4 Å². The fraction of sp³-hybridized carbons (Fsp3) is 0.348. The Bertz CT molecular complexity index is 983. The van der Waals surface area contributed by atoms with Crippen LogP contribution in [0.4, 0.5) is 17.1 Å². The van der Waals surface area contributed by atoms with Gasteiger partial charge in [0.2, 0.25) is 0 Å². The number of unbranched alkanes of at least 4 members (excludes halogenated alkanes) is 5. The third-order valence-electron chi connectivity index (χ3n) is 4.82. The summed E-state index contributed by atoms with van der Waals surface area (Å²) in [5, 5.41) is 6.81. The van der Waals surface area contributed by atoms with E-state index in [2.05, 4.69) is 15.6 Å². The van der Waals surface area contributed by atoms with Crippen LogP contribution in [0.25, 0.3) is 0 Å². The Balaban J connectivity index is 1.25. The Hall–Kier alpha value is -2.86. The van der Waals surface area contributed by atoms with Crippen molar-refractivity contribution in [1.82, 2.24) is 4.98 Å². The number of halogens is 1. The van der Waals surface area contributed by atoms with Crippen LogP contribution in [0, 0.1) is 0 Å². The maximum absolute atomic E-state index is 11.8. The Labute approximate surface area is 181 Å². The topological polar surface area (TPSA) is 80.3 Å². The fourth-order valence-electron chi connectivity index (χ4n) is 3.13. The molecule has 2 N–H and O–H groups in total. The number of hydrogen-bond donors (Lipinski definition) is 2. The van der Waals surface area contributed by atoms with Gasteiger partial charge in [-0.25, -0.2) is 0 Å². The SMILES string of the molecule is O=c1c(NCCCCCCCCOc2ccc(Cl)cc2)c(Nc2ccncc2)c1=O. The van der Waals surface area contributed by atoms with Crippen molar-refractivity contribution in [3.05, 3.63) is 74.3 Å². The van der Waals surface area contributed by atoms with Gasteiger partial charge in [-0.1, -0.05) is 37.3 Å². The highest BCUT2D eigenvalue weighted by Gasteiger charge is 2.20. The fourth-order valence-corrected chi connectivity index (χ4v) is 3.25. The second kappa shape index (κ2) is 11.4. The van der Waals surface area contributed by atoms with E-state index in [0.717, 1.165) is 50.0 Å². The Morgan fingerprint density at radius 2 is 1.43 bits per heavy atom. The van der Waals surface area contributed by atoms with Crippen LogP contribution < -0.4 is 26.2 Å². The normalized spacial score (nSPS) is 10.8. The lowest BCUT2D eigenvalue weighted by molar-refractivity contribution is 0.304. The molecule has 7 heteroatoms. The summed E-state index contributed by atoms with van der Waals surface area (Å²) < 4.78 is 5.68. The van der Waals surface area contributed by atoms with E-state index >= 15 is 0 Å². The van der Waals surface area contributed by atoms with Crippen molar-refractivity contribution in [1.29, 1.82) is 0 Å². The number of anilines is 3. The number of ether oxygens (including phenoxy) is 1. The molecule has 0 amide bonds. The molecular formula is C23H26ClN3O3. The molecule has 0 radical (unpaired) electrons. The van der Waals surface area contributed by atoms with Crippen molar-refractivity contribution in [2.24, 2.45) is 0 Å². The van der Waals surface area contributed by atoms with Gasteiger partial charge in [0.25, 0.3) is 10.9 Å². The summed E-state index contributed by atoms with van der Waals surface area (Å²) in [6, 6.07) is 10.9. The van der Waals surface area contributed by atoms with Crippen molar-refractivity contribution in [3.63, 3.8) is 0 Å². The Morgan fingerprint density at radius 1 is 0.800 bits per heavy atom. The van der Waals surface area contributed by atoms with Crippen molar-refractivity contribution in [2.45, 2.75) is 38.5 Å². The maximum atomic E-state index is 11.8. The molecule has 0 unspecified atom stereocenters. The smallest absolute Gasteiger partial charge is 0.253 e. The van der Waals surface area contributed by atoms with Gasteiger partial charge in [0.15, 0.2) is 0 Å². The van der Waals surface area contributed by atoms with Crippen LogP contribution in [-0.2, 0) is 0 Å². The number of hydrogen-bond acceptors (Lipinski definition) is 6. The lowest BCUT2D eigenvalue weighted by Crippen LogP contribution is -2.36. The summed E-state index contributed by atoms with van der Waals surface area (Å²) in [6.45, 7) is 1.39. The Kier molecular flexibility index (Phi) is 8.27. The zero-order valence-electron chi connectivity index (χ0n) is 16.8. The van der Waals surface area contributed by atoms with Crippen LogP contribution in [0.1, 0.15) is 38.5 Å². The largest absolute Gasteiger partial charge is 0.494 e. The van der Waals surface area contributed by atoms with E-state index in [4.69, 9.17) is 16.3 Å². The van der Waals surface area contributed by atoms with Gasteiger partial charge < -0.3 is 15.4 Å². The van der Waals surface area contributed by atoms with E-state index in [1.165, 1.54) is 0 Å². The molecule has 0 fully saturated rings. The second-order valence-corrected chi connectivity index (χ2v) is 7.56. The van der Waals surface area contributed by atoms with E-state index in [1.54, 1.807) is 24.5 Å². The van der Waals surface area contributed by atoms with Crippen LogP contribution >= 0.6 is 11.6 Å². The lowest BCUT2D eigenvalue weighted by atomic mass is 10.1. The van der Waals surface area contributed by atoms with Crippen LogP contribution in [0.5, 0.6) is 5.75 Å². The number of pyridine rings is 1. The Morgan fingerprint density at radius 3 is 2.17 bits per heavy atom. The van der Waals surface area contributed by atoms with Gasteiger partial charge in [0.1, 0.15) is 17.1 Å². The molecule has 0 atom stereocenters. The third-order valence-corrected chi connectivity index (χ3v) is 5.07. The van der Waals surface area contributed by atoms with Crippen LogP contribution in [-0.4, -0.2) is 18.1 Å². The first-order chi connectivity index (χ1) is 14.6. The van der Waals surface area contributed by atoms with Crippen LogP contribution in [0.3, 0.4) is 0 Å². The summed E-state index contributed by atoms with van der Waals surface area (Å²) in [5.74, 6) is 0.849. The van der Waals surface area contributed by atoms with E-state index < -0.39 is 10.9 Å². The minimum atomic E-state index is -0.477. The van der Waals surface area contributed by atoms with Gasteiger partial charge in [-0.05, 0) is 49.2 Å². The lowest BCUT2D eigenvalue weighted by Gasteiger charge is -2.14. The molecule has 0 aliphatic rings. The summed E-state index contributed by atoms with van der Waals surface area (Å²) in [7, 11) is 0. The van der Waals surface area contributed by atoms with E-state index in [0.29, 0.717) is 29.5 Å². The average Bonchev–Trinajstić information content (AvgIpc) is 2.78. The first-order valence-corrected chi connectivity index (χ1v) is 10.7. The molecule has 0 bridgehead atoms. The molecule has 3 aromatic rings. The molecule has 0 aliphatic carbocycles. The summed E-state index contributed by atoms with van der Waals surface area (Å²) in [4.78, 5) is 27.5. The number of nitrogens with one attached hydrogen (secondary N) is 2. The summed E-state index contributed by atoms with van der Waals surface area (Å²) in [5.41, 5.74) is 0.533. The van der Waals surface area contributed by atoms with Crippen LogP contribution in [0.2, 0.25) is 5.02 Å². The number of benzene rings is 1. The molecule has 0 aliphatic heterocycles. The summed E-state index contributed by atoms with van der Waals surface area (Å²) >= 11 is 5.85. The molecule has 1 heterocycles.